The summed E-state index contributed by atoms with van der Waals surface area (Å²) in [6.45, 7) is 4.04. The maximum atomic E-state index is 13.8. The first kappa shape index (κ1) is 33.5. The van der Waals surface area contributed by atoms with Gasteiger partial charge in [-0.3, -0.25) is 19.0 Å². The maximum Gasteiger partial charge on any atom is 0.296 e. The molecule has 256 valence electrons. The van der Waals surface area contributed by atoms with Gasteiger partial charge >= 0.3 is 0 Å². The van der Waals surface area contributed by atoms with Crippen molar-refractivity contribution in [2.24, 2.45) is 7.05 Å². The third-order valence-electron chi connectivity index (χ3n) is 8.99. The number of fused-ring (bicyclic) bond motifs is 1. The van der Waals surface area contributed by atoms with E-state index in [-0.39, 0.29) is 27.2 Å². The first-order chi connectivity index (χ1) is 24.0. The van der Waals surface area contributed by atoms with Crippen LogP contribution in [0.3, 0.4) is 0 Å². The summed E-state index contributed by atoms with van der Waals surface area (Å²) in [5, 5.41) is -0.354. The second-order valence-electron chi connectivity index (χ2n) is 12.1. The number of para-hydroxylation sites is 3. The predicted octanol–water partition coefficient (Wildman–Crippen LogP) is 5.95. The van der Waals surface area contributed by atoms with E-state index in [1.807, 2.05) is 42.5 Å². The molecule has 1 fully saturated rings. The van der Waals surface area contributed by atoms with Crippen LogP contribution in [-0.2, 0) is 23.6 Å². The van der Waals surface area contributed by atoms with Gasteiger partial charge in [-0.1, -0.05) is 83.9 Å². The normalized spacial score (nSPS) is 13.6. The number of carbonyl (C=O) groups is 1. The summed E-state index contributed by atoms with van der Waals surface area (Å²) in [7, 11) is -2.80. The minimum Gasteiger partial charge on any atom is -0.339 e. The lowest BCUT2D eigenvalue weighted by atomic mass is 10.2. The summed E-state index contributed by atoms with van der Waals surface area (Å²) in [4.78, 5) is 35.6. The highest BCUT2D eigenvalue weighted by Gasteiger charge is 2.30. The maximum absolute atomic E-state index is 13.8. The average Bonchev–Trinajstić information content (AvgIpc) is 3.59. The fraction of sp³-hybridized carbons (Fsp3) is 0.194. The molecule has 1 N–H and O–H groups in total. The number of benzene rings is 4. The van der Waals surface area contributed by atoms with Crippen LogP contribution in [0.1, 0.15) is 21.6 Å². The van der Waals surface area contributed by atoms with E-state index in [2.05, 4.69) is 32.4 Å². The van der Waals surface area contributed by atoms with Gasteiger partial charge in [-0.25, -0.2) is 18.1 Å². The van der Waals surface area contributed by atoms with E-state index in [1.54, 1.807) is 47.8 Å². The van der Waals surface area contributed by atoms with E-state index >= 15 is 0 Å². The van der Waals surface area contributed by atoms with E-state index in [0.29, 0.717) is 44.1 Å². The van der Waals surface area contributed by atoms with Crippen molar-refractivity contribution in [2.45, 2.75) is 18.4 Å². The van der Waals surface area contributed by atoms with Gasteiger partial charge in [0.1, 0.15) is 10.6 Å². The van der Waals surface area contributed by atoms with Crippen molar-refractivity contribution in [3.05, 3.63) is 134 Å². The van der Waals surface area contributed by atoms with Crippen molar-refractivity contribution in [1.29, 1.82) is 0 Å². The molecule has 0 aliphatic carbocycles. The number of nitrogens with zero attached hydrogens (tertiary/aromatic N) is 6. The van der Waals surface area contributed by atoms with Crippen LogP contribution in [0.4, 0.5) is 11.6 Å². The molecule has 1 aliphatic heterocycles. The molecule has 0 unspecified atom stereocenters. The summed E-state index contributed by atoms with van der Waals surface area (Å²) in [5.74, 6) is 0.429. The monoisotopic (exact) mass is 729 g/mol. The van der Waals surface area contributed by atoms with Crippen LogP contribution in [0.2, 0.25) is 10.0 Å². The second-order valence-corrected chi connectivity index (χ2v) is 14.5. The van der Waals surface area contributed by atoms with Gasteiger partial charge < -0.3 is 14.4 Å². The van der Waals surface area contributed by atoms with Gasteiger partial charge in [0, 0.05) is 38.8 Å². The Morgan fingerprint density at radius 2 is 1.52 bits per heavy atom. The molecule has 50 heavy (non-hydrogen) atoms. The van der Waals surface area contributed by atoms with Crippen molar-refractivity contribution in [3.8, 4) is 5.69 Å². The lowest BCUT2D eigenvalue weighted by Crippen LogP contribution is -2.49. The second kappa shape index (κ2) is 13.3. The van der Waals surface area contributed by atoms with E-state index in [4.69, 9.17) is 28.2 Å². The van der Waals surface area contributed by atoms with Gasteiger partial charge in [0.2, 0.25) is 5.95 Å². The molecule has 4 aromatic carbocycles. The Bertz CT molecular complexity index is 2400. The van der Waals surface area contributed by atoms with Crippen molar-refractivity contribution in [3.63, 3.8) is 0 Å². The molecule has 3 heterocycles. The molecule has 6 aromatic rings. The minimum atomic E-state index is -4.46. The topological polar surface area (TPSA) is 114 Å². The molecule has 2 aromatic heterocycles. The van der Waals surface area contributed by atoms with E-state index in [0.717, 1.165) is 22.5 Å². The fourth-order valence-corrected chi connectivity index (χ4v) is 8.21. The summed E-state index contributed by atoms with van der Waals surface area (Å²) in [6, 6.07) is 29.6. The zero-order valence-corrected chi connectivity index (χ0v) is 29.6. The molecule has 0 bridgehead atoms. The van der Waals surface area contributed by atoms with Crippen LogP contribution < -0.4 is 15.2 Å². The largest absolute Gasteiger partial charge is 0.339 e. The molecule has 1 amide bonds. The molecule has 0 saturated carbocycles. The number of halogens is 2. The van der Waals surface area contributed by atoms with Crippen molar-refractivity contribution in [2.75, 3.05) is 35.8 Å². The molecular formula is C36H33Cl2N7O4S. The number of hydrogen-bond donors (Lipinski definition) is 1. The molecular weight excluding hydrogens is 697 g/mol. The van der Waals surface area contributed by atoms with Crippen LogP contribution in [0.5, 0.6) is 0 Å². The molecule has 1 aliphatic rings. The third-order valence-corrected chi connectivity index (χ3v) is 11.3. The van der Waals surface area contributed by atoms with Gasteiger partial charge in [-0.15, -0.1) is 0 Å². The van der Waals surface area contributed by atoms with Crippen molar-refractivity contribution in [1.82, 2.24) is 23.8 Å². The molecule has 0 radical (unpaired) electrons. The zero-order chi connectivity index (χ0) is 35.2. The zero-order valence-electron chi connectivity index (χ0n) is 27.3. The number of sulfonamides is 1. The van der Waals surface area contributed by atoms with Crippen LogP contribution in [0.25, 0.3) is 16.7 Å². The number of nitrogens with one attached hydrogen (secondary N) is 1. The summed E-state index contributed by atoms with van der Waals surface area (Å²) in [5.41, 5.74) is 3.36. The third kappa shape index (κ3) is 6.14. The van der Waals surface area contributed by atoms with Gasteiger partial charge in [-0.2, -0.15) is 0 Å². The van der Waals surface area contributed by atoms with Crippen LogP contribution in [0.15, 0.2) is 107 Å². The number of amides is 1. The first-order valence-electron chi connectivity index (χ1n) is 15.9. The Morgan fingerprint density at radius 1 is 0.880 bits per heavy atom. The highest BCUT2D eigenvalue weighted by atomic mass is 35.5. The van der Waals surface area contributed by atoms with Crippen LogP contribution in [0, 0.1) is 6.92 Å². The Morgan fingerprint density at radius 3 is 2.22 bits per heavy atom. The Labute approximate surface area is 298 Å². The first-order valence-corrected chi connectivity index (χ1v) is 18.2. The molecule has 7 rings (SSSR count). The SMILES string of the molecule is Cc1c(NS(=O)(=O)c2cc(C(=O)N3CCN(c4nc5ccccc5n4Cc4ccccc4)CC3)cc(Cl)c2Cl)c(=O)n(-c2ccccc2)n1C. The average molecular weight is 731 g/mol. The Kier molecular flexibility index (Phi) is 8.93. The number of carbonyl (C=O) groups excluding carboxylic acids is 1. The van der Waals surface area contributed by atoms with E-state index in [1.165, 1.54) is 16.8 Å². The van der Waals surface area contributed by atoms with Crippen molar-refractivity contribution < 1.29 is 13.2 Å². The lowest BCUT2D eigenvalue weighted by Gasteiger charge is -2.35. The number of aromatic nitrogens is 4. The number of imidazole rings is 1. The van der Waals surface area contributed by atoms with E-state index in [9.17, 15) is 18.0 Å². The molecule has 0 atom stereocenters. The van der Waals surface area contributed by atoms with Crippen molar-refractivity contribution >= 4 is 61.8 Å². The van der Waals surface area contributed by atoms with Gasteiger partial charge in [0.25, 0.3) is 21.5 Å². The predicted molar refractivity (Wildman–Crippen MR) is 196 cm³/mol. The molecule has 11 nitrogen and oxygen atoms in total. The Hall–Kier alpha value is -5.04. The standard InChI is InChI=1S/C36H33Cl2N7O4S/c1-24-33(35(47)45(41(24)2)27-13-7-4-8-14-27)40-50(48,49)31-22-26(21-28(37)32(31)38)34(46)42-17-19-43(20-18-42)36-39-29-15-9-10-16-30(29)44(36)23-25-11-5-3-6-12-25/h3-16,21-22,40H,17-20,23H2,1-2H3. The minimum absolute atomic E-state index is 0.0658. The molecule has 1 saturated heterocycles. The quantitative estimate of drug-likeness (QED) is 0.207. The van der Waals surface area contributed by atoms with Crippen LogP contribution >= 0.6 is 23.2 Å². The number of hydrogen-bond acceptors (Lipinski definition) is 6. The van der Waals surface area contributed by atoms with Gasteiger partial charge in [-0.05, 0) is 48.9 Å². The highest BCUT2D eigenvalue weighted by Crippen LogP contribution is 2.33. The number of rotatable bonds is 8. The highest BCUT2D eigenvalue weighted by molar-refractivity contribution is 7.92. The summed E-state index contributed by atoms with van der Waals surface area (Å²) < 4.78 is 35.1. The Balaban J connectivity index is 1.12. The number of anilines is 2. The summed E-state index contributed by atoms with van der Waals surface area (Å²) in [6.07, 6.45) is 0. The molecule has 0 spiro atoms. The lowest BCUT2D eigenvalue weighted by molar-refractivity contribution is 0.0746. The molecule has 14 heteroatoms. The summed E-state index contributed by atoms with van der Waals surface area (Å²) >= 11 is 12.9. The smallest absolute Gasteiger partial charge is 0.296 e. The van der Waals surface area contributed by atoms with E-state index < -0.39 is 20.5 Å². The van der Waals surface area contributed by atoms with Gasteiger partial charge in [0.05, 0.1) is 39.0 Å². The number of piperazine rings is 1. The van der Waals surface area contributed by atoms with Crippen LogP contribution in [-0.4, -0.2) is 64.3 Å². The fourth-order valence-electron chi connectivity index (χ4n) is 6.28. The van der Waals surface area contributed by atoms with Gasteiger partial charge in [0.15, 0.2) is 0 Å².